The molecule has 1 saturated heterocycles. The summed E-state index contributed by atoms with van der Waals surface area (Å²) in [6.07, 6.45) is -0.565. The number of Topliss-reactive ketones (excluding diaryl/α,β-unsaturated/α-hetero) is 1. The van der Waals surface area contributed by atoms with Crippen molar-refractivity contribution in [3.05, 3.63) is 83.4 Å². The maximum atomic E-state index is 13.4. The number of carbonyl (C=O) groups is 2. The average molecular weight is 504 g/mol. The molecular formula is C27H25N3O5S. The number of nitrogens with one attached hydrogen (secondary N) is 2. The summed E-state index contributed by atoms with van der Waals surface area (Å²) in [6, 6.07) is 19.9. The van der Waals surface area contributed by atoms with Crippen molar-refractivity contribution in [3.8, 4) is 5.75 Å². The number of carbonyl (C=O) groups excluding carboxylic acids is 1. The molecule has 0 spiro atoms. The minimum absolute atomic E-state index is 0.0821. The van der Waals surface area contributed by atoms with Crippen LogP contribution in [0.4, 0.5) is 11.7 Å². The number of ketones is 1. The van der Waals surface area contributed by atoms with Gasteiger partial charge in [0.05, 0.1) is 10.9 Å². The highest BCUT2D eigenvalue weighted by atomic mass is 32.2. The van der Waals surface area contributed by atoms with Crippen LogP contribution in [0.1, 0.15) is 21.5 Å². The number of benzene rings is 3. The van der Waals surface area contributed by atoms with Gasteiger partial charge in [-0.25, -0.2) is 4.79 Å². The molecule has 0 bridgehead atoms. The van der Waals surface area contributed by atoms with Gasteiger partial charge in [0.2, 0.25) is 0 Å². The van der Waals surface area contributed by atoms with E-state index in [4.69, 9.17) is 14.3 Å². The van der Waals surface area contributed by atoms with Gasteiger partial charge in [-0.2, -0.15) is 4.98 Å². The third kappa shape index (κ3) is 5.37. The van der Waals surface area contributed by atoms with Crippen molar-refractivity contribution in [1.29, 1.82) is 0 Å². The first-order valence-corrected chi connectivity index (χ1v) is 12.6. The predicted octanol–water partition coefficient (Wildman–Crippen LogP) is 4.80. The molecule has 1 aromatic heterocycles. The zero-order valence-corrected chi connectivity index (χ0v) is 20.4. The van der Waals surface area contributed by atoms with E-state index in [2.05, 4.69) is 15.6 Å². The standard InChI is InChI=1S/C27H25N3O5S/c1-16-4-2-3-5-20(16)29-27-30-21-11-6-17(15-23(21)35-27)14-22(31)24(25-28-12-13-36-25)34-19-9-7-18(8-10-19)26(32)33/h2-11,15,24-25,28H,12-14H2,1H3,(H,29,30)(H,32,33). The number of aromatic carboxylic acids is 1. The molecule has 1 aliphatic heterocycles. The molecule has 4 aromatic rings. The molecule has 1 fully saturated rings. The number of nitrogens with zero attached hydrogens (tertiary/aromatic N) is 1. The minimum Gasteiger partial charge on any atom is -0.480 e. The van der Waals surface area contributed by atoms with Crippen LogP contribution in [-0.4, -0.2) is 45.6 Å². The number of carboxylic acids is 1. The molecule has 0 radical (unpaired) electrons. The molecule has 1 aliphatic rings. The van der Waals surface area contributed by atoms with Crippen LogP contribution < -0.4 is 15.4 Å². The van der Waals surface area contributed by atoms with E-state index in [-0.39, 0.29) is 23.1 Å². The van der Waals surface area contributed by atoms with E-state index >= 15 is 0 Å². The Labute approximate surface area is 212 Å². The van der Waals surface area contributed by atoms with Crippen LogP contribution in [0.5, 0.6) is 5.75 Å². The Morgan fingerprint density at radius 3 is 2.72 bits per heavy atom. The second kappa shape index (κ2) is 10.4. The van der Waals surface area contributed by atoms with E-state index in [0.717, 1.165) is 29.1 Å². The van der Waals surface area contributed by atoms with E-state index in [9.17, 15) is 9.59 Å². The lowest BCUT2D eigenvalue weighted by Crippen LogP contribution is -2.43. The molecule has 2 unspecified atom stereocenters. The maximum Gasteiger partial charge on any atom is 0.335 e. The third-order valence-electron chi connectivity index (χ3n) is 5.92. The first-order valence-electron chi connectivity index (χ1n) is 11.6. The Hall–Kier alpha value is -3.82. The maximum absolute atomic E-state index is 13.4. The van der Waals surface area contributed by atoms with Gasteiger partial charge in [-0.15, -0.1) is 11.8 Å². The third-order valence-corrected chi connectivity index (χ3v) is 7.13. The highest BCUT2D eigenvalue weighted by Crippen LogP contribution is 2.27. The largest absolute Gasteiger partial charge is 0.480 e. The molecule has 184 valence electrons. The van der Waals surface area contributed by atoms with Crippen molar-refractivity contribution in [2.75, 3.05) is 17.6 Å². The van der Waals surface area contributed by atoms with Crippen LogP contribution in [0.2, 0.25) is 0 Å². The van der Waals surface area contributed by atoms with E-state index in [1.54, 1.807) is 23.9 Å². The molecule has 3 N–H and O–H groups in total. The van der Waals surface area contributed by atoms with Crippen molar-refractivity contribution in [3.63, 3.8) is 0 Å². The topological polar surface area (TPSA) is 114 Å². The van der Waals surface area contributed by atoms with Crippen LogP contribution in [0.25, 0.3) is 11.1 Å². The minimum atomic E-state index is -1.01. The van der Waals surface area contributed by atoms with Gasteiger partial charge in [0.25, 0.3) is 6.01 Å². The van der Waals surface area contributed by atoms with Gasteiger partial charge in [-0.05, 0) is 60.5 Å². The van der Waals surface area contributed by atoms with Crippen molar-refractivity contribution < 1.29 is 23.8 Å². The summed E-state index contributed by atoms with van der Waals surface area (Å²) < 4.78 is 12.0. The monoisotopic (exact) mass is 503 g/mol. The van der Waals surface area contributed by atoms with Gasteiger partial charge in [-0.1, -0.05) is 24.3 Å². The molecule has 2 atom stereocenters. The summed E-state index contributed by atoms with van der Waals surface area (Å²) in [5.74, 6) is 0.241. The summed E-state index contributed by atoms with van der Waals surface area (Å²) >= 11 is 1.64. The molecule has 0 amide bonds. The van der Waals surface area contributed by atoms with Gasteiger partial charge in [0, 0.05) is 24.4 Å². The van der Waals surface area contributed by atoms with Crippen molar-refractivity contribution in [1.82, 2.24) is 10.3 Å². The summed E-state index contributed by atoms with van der Waals surface area (Å²) in [7, 11) is 0. The molecule has 5 rings (SSSR count). The number of thioether (sulfide) groups is 1. The Kier molecular flexibility index (Phi) is 6.92. The number of rotatable bonds is 9. The summed E-state index contributed by atoms with van der Waals surface area (Å²) in [6.45, 7) is 2.80. The second-order valence-corrected chi connectivity index (χ2v) is 9.77. The quantitative estimate of drug-likeness (QED) is 0.296. The lowest BCUT2D eigenvalue weighted by Gasteiger charge is -2.23. The van der Waals surface area contributed by atoms with E-state index in [0.29, 0.717) is 22.9 Å². The lowest BCUT2D eigenvalue weighted by atomic mass is 10.0. The molecule has 0 saturated carbocycles. The summed E-state index contributed by atoms with van der Waals surface area (Å²) in [5, 5.41) is 15.5. The zero-order chi connectivity index (χ0) is 25.1. The van der Waals surface area contributed by atoms with Gasteiger partial charge >= 0.3 is 5.97 Å². The first kappa shape index (κ1) is 23.9. The molecule has 36 heavy (non-hydrogen) atoms. The molecule has 0 aliphatic carbocycles. The van der Waals surface area contributed by atoms with Crippen LogP contribution in [0, 0.1) is 6.92 Å². The van der Waals surface area contributed by atoms with Crippen molar-refractivity contribution >= 4 is 46.3 Å². The van der Waals surface area contributed by atoms with Gasteiger partial charge in [-0.3, -0.25) is 4.79 Å². The van der Waals surface area contributed by atoms with E-state index in [1.165, 1.54) is 12.1 Å². The molecule has 3 aromatic carbocycles. The number of oxazole rings is 1. The van der Waals surface area contributed by atoms with E-state index < -0.39 is 12.1 Å². The Morgan fingerprint density at radius 1 is 1.19 bits per heavy atom. The normalized spacial score (nSPS) is 16.1. The van der Waals surface area contributed by atoms with Crippen LogP contribution in [-0.2, 0) is 11.2 Å². The van der Waals surface area contributed by atoms with E-state index in [1.807, 2.05) is 49.4 Å². The number of aromatic nitrogens is 1. The molecule has 9 heteroatoms. The lowest BCUT2D eigenvalue weighted by molar-refractivity contribution is -0.125. The van der Waals surface area contributed by atoms with Crippen LogP contribution in [0.15, 0.2) is 71.1 Å². The summed E-state index contributed by atoms with van der Waals surface area (Å²) in [4.78, 5) is 29.0. The smallest absolute Gasteiger partial charge is 0.335 e. The highest BCUT2D eigenvalue weighted by molar-refractivity contribution is 8.00. The molecule has 2 heterocycles. The Bertz CT molecular complexity index is 1400. The molecule has 8 nitrogen and oxygen atoms in total. The molecular weight excluding hydrogens is 478 g/mol. The van der Waals surface area contributed by atoms with Gasteiger partial charge in [0.1, 0.15) is 11.3 Å². The number of hydrogen-bond donors (Lipinski definition) is 3. The number of fused-ring (bicyclic) bond motifs is 1. The number of hydrogen-bond acceptors (Lipinski definition) is 8. The first-order chi connectivity index (χ1) is 17.5. The van der Waals surface area contributed by atoms with Crippen molar-refractivity contribution in [2.24, 2.45) is 0 Å². The number of aryl methyl sites for hydroxylation is 1. The Morgan fingerprint density at radius 2 is 2.00 bits per heavy atom. The fraction of sp³-hybridized carbons (Fsp3) is 0.222. The fourth-order valence-electron chi connectivity index (χ4n) is 4.02. The zero-order valence-electron chi connectivity index (χ0n) is 19.6. The second-order valence-electron chi connectivity index (χ2n) is 8.52. The number of anilines is 2. The predicted molar refractivity (Wildman–Crippen MR) is 139 cm³/mol. The van der Waals surface area contributed by atoms with Gasteiger partial charge in [0.15, 0.2) is 17.5 Å². The summed E-state index contributed by atoms with van der Waals surface area (Å²) in [5.41, 5.74) is 4.23. The fourth-order valence-corrected chi connectivity index (χ4v) is 5.13. The average Bonchev–Trinajstić information content (AvgIpc) is 3.54. The van der Waals surface area contributed by atoms with Crippen LogP contribution >= 0.6 is 11.8 Å². The Balaban J connectivity index is 1.32. The number of carboxylic acid groups (broad SMARTS) is 1. The van der Waals surface area contributed by atoms with Crippen molar-refractivity contribution in [2.45, 2.75) is 24.8 Å². The van der Waals surface area contributed by atoms with Gasteiger partial charge < -0.3 is 24.9 Å². The SMILES string of the molecule is Cc1ccccc1Nc1nc2ccc(CC(=O)C(Oc3ccc(C(=O)O)cc3)C3NCCS3)cc2o1. The van der Waals surface area contributed by atoms with Crippen LogP contribution in [0.3, 0.4) is 0 Å². The highest BCUT2D eigenvalue weighted by Gasteiger charge is 2.33. The number of para-hydroxylation sites is 1. The number of ether oxygens (including phenoxy) is 1.